The Morgan fingerprint density at radius 2 is 1.96 bits per heavy atom. The number of rotatable bonds is 5. The third-order valence-electron chi connectivity index (χ3n) is 4.46. The lowest BCUT2D eigenvalue weighted by Crippen LogP contribution is -2.17. The van der Waals surface area contributed by atoms with Crippen molar-refractivity contribution < 1.29 is 9.53 Å². The number of anilines is 4. The third kappa shape index (κ3) is 3.46. The Bertz CT molecular complexity index is 974. The average Bonchev–Trinajstić information content (AvgIpc) is 3.13. The van der Waals surface area contributed by atoms with Crippen LogP contribution in [0.15, 0.2) is 60.8 Å². The lowest BCUT2D eigenvalue weighted by molar-refractivity contribution is 0.0527. The van der Waals surface area contributed by atoms with Gasteiger partial charge < -0.3 is 15.0 Å². The second-order valence-electron chi connectivity index (χ2n) is 6.16. The number of carbonyl (C=O) groups is 1. The maximum Gasteiger partial charge on any atom is 0.340 e. The first-order valence-electron chi connectivity index (χ1n) is 8.98. The van der Waals surface area contributed by atoms with Crippen LogP contribution in [0.3, 0.4) is 0 Å². The molecule has 27 heavy (non-hydrogen) atoms. The van der Waals surface area contributed by atoms with Gasteiger partial charge in [-0.05, 0) is 43.2 Å². The van der Waals surface area contributed by atoms with Crippen molar-refractivity contribution in [2.75, 3.05) is 23.4 Å². The summed E-state index contributed by atoms with van der Waals surface area (Å²) in [5.74, 6) is 0.906. The smallest absolute Gasteiger partial charge is 0.340 e. The van der Waals surface area contributed by atoms with Crippen LogP contribution in [0, 0.1) is 0 Å². The van der Waals surface area contributed by atoms with Crippen molar-refractivity contribution in [1.82, 2.24) is 9.97 Å². The van der Waals surface area contributed by atoms with Crippen LogP contribution in [0.2, 0.25) is 0 Å². The predicted molar refractivity (Wildman–Crippen MR) is 105 cm³/mol. The van der Waals surface area contributed by atoms with E-state index in [1.54, 1.807) is 25.3 Å². The van der Waals surface area contributed by atoms with E-state index in [1.807, 2.05) is 30.3 Å². The zero-order valence-electron chi connectivity index (χ0n) is 15.1. The second kappa shape index (κ2) is 7.45. The molecule has 6 nitrogen and oxygen atoms in total. The van der Waals surface area contributed by atoms with Gasteiger partial charge in [-0.2, -0.15) is 4.98 Å². The van der Waals surface area contributed by atoms with Crippen molar-refractivity contribution in [2.24, 2.45) is 0 Å². The summed E-state index contributed by atoms with van der Waals surface area (Å²) >= 11 is 0. The van der Waals surface area contributed by atoms with Crippen LogP contribution >= 0.6 is 0 Å². The molecule has 0 aliphatic carbocycles. The molecule has 0 spiro atoms. The van der Waals surface area contributed by atoms with Gasteiger partial charge in [0, 0.05) is 18.4 Å². The van der Waals surface area contributed by atoms with Crippen molar-refractivity contribution in [3.8, 4) is 0 Å². The van der Waals surface area contributed by atoms with Crippen LogP contribution in [0.25, 0.3) is 0 Å². The molecule has 0 saturated carbocycles. The van der Waals surface area contributed by atoms with Gasteiger partial charge in [0.1, 0.15) is 5.82 Å². The highest BCUT2D eigenvalue weighted by atomic mass is 16.5. The monoisotopic (exact) mass is 360 g/mol. The standard InChI is InChI=1S/C21H20N4O2/c1-2-27-20(26)16-8-4-5-9-17(16)23-19-11-13-22-21(24-19)25-14-12-15-7-3-6-10-18(15)25/h3-11,13H,2,12,14H2,1H3,(H,22,23,24). The van der Waals surface area contributed by atoms with Crippen molar-refractivity contribution >= 4 is 29.1 Å². The zero-order valence-corrected chi connectivity index (χ0v) is 15.1. The first-order chi connectivity index (χ1) is 13.3. The Morgan fingerprint density at radius 1 is 1.15 bits per heavy atom. The summed E-state index contributed by atoms with van der Waals surface area (Å²) in [4.78, 5) is 23.4. The highest BCUT2D eigenvalue weighted by Gasteiger charge is 2.22. The Kier molecular flexibility index (Phi) is 4.70. The van der Waals surface area contributed by atoms with Gasteiger partial charge in [0.05, 0.1) is 17.9 Å². The van der Waals surface area contributed by atoms with Crippen LogP contribution in [-0.2, 0) is 11.2 Å². The molecule has 0 atom stereocenters. The minimum Gasteiger partial charge on any atom is -0.462 e. The molecule has 2 aromatic carbocycles. The minimum absolute atomic E-state index is 0.333. The van der Waals surface area contributed by atoms with Gasteiger partial charge in [0.25, 0.3) is 0 Å². The van der Waals surface area contributed by atoms with E-state index >= 15 is 0 Å². The fraction of sp³-hybridized carbons (Fsp3) is 0.190. The minimum atomic E-state index is -0.358. The average molecular weight is 360 g/mol. The normalized spacial score (nSPS) is 12.6. The fourth-order valence-electron chi connectivity index (χ4n) is 3.21. The van der Waals surface area contributed by atoms with E-state index in [-0.39, 0.29) is 5.97 Å². The van der Waals surface area contributed by atoms with Gasteiger partial charge in [-0.25, -0.2) is 9.78 Å². The Morgan fingerprint density at radius 3 is 2.85 bits per heavy atom. The topological polar surface area (TPSA) is 67.3 Å². The van der Waals surface area contributed by atoms with Crippen molar-refractivity contribution in [1.29, 1.82) is 0 Å². The quantitative estimate of drug-likeness (QED) is 0.691. The Labute approximate surface area is 157 Å². The van der Waals surface area contributed by atoms with E-state index < -0.39 is 0 Å². The summed E-state index contributed by atoms with van der Waals surface area (Å²) in [5.41, 5.74) is 3.57. The summed E-state index contributed by atoms with van der Waals surface area (Å²) in [7, 11) is 0. The van der Waals surface area contributed by atoms with E-state index in [0.29, 0.717) is 29.6 Å². The summed E-state index contributed by atoms with van der Waals surface area (Å²) in [6, 6.07) is 17.3. The SMILES string of the molecule is CCOC(=O)c1ccccc1Nc1ccnc(N2CCc3ccccc32)n1. The second-order valence-corrected chi connectivity index (χ2v) is 6.16. The van der Waals surface area contributed by atoms with E-state index in [0.717, 1.165) is 18.7 Å². The molecule has 1 aromatic heterocycles. The van der Waals surface area contributed by atoms with E-state index in [9.17, 15) is 4.79 Å². The number of nitrogens with zero attached hydrogens (tertiary/aromatic N) is 3. The number of hydrogen-bond donors (Lipinski definition) is 1. The molecule has 0 radical (unpaired) electrons. The van der Waals surface area contributed by atoms with Gasteiger partial charge >= 0.3 is 5.97 Å². The summed E-state index contributed by atoms with van der Waals surface area (Å²) in [5, 5.41) is 3.22. The van der Waals surface area contributed by atoms with Crippen LogP contribution in [0.4, 0.5) is 23.1 Å². The van der Waals surface area contributed by atoms with E-state index in [4.69, 9.17) is 4.74 Å². The molecule has 3 aromatic rings. The van der Waals surface area contributed by atoms with Crippen molar-refractivity contribution in [2.45, 2.75) is 13.3 Å². The molecule has 0 saturated heterocycles. The van der Waals surface area contributed by atoms with Crippen LogP contribution < -0.4 is 10.2 Å². The first-order valence-corrected chi connectivity index (χ1v) is 8.98. The van der Waals surface area contributed by atoms with Gasteiger partial charge in [-0.15, -0.1) is 0 Å². The molecule has 0 fully saturated rings. The maximum atomic E-state index is 12.2. The number of ether oxygens (including phenoxy) is 1. The number of esters is 1. The summed E-state index contributed by atoms with van der Waals surface area (Å²) in [6.45, 7) is 2.97. The Balaban J connectivity index is 1.61. The molecule has 1 N–H and O–H groups in total. The first kappa shape index (κ1) is 17.0. The van der Waals surface area contributed by atoms with E-state index in [1.165, 1.54) is 5.56 Å². The van der Waals surface area contributed by atoms with Gasteiger partial charge in [-0.3, -0.25) is 0 Å². The molecule has 0 bridgehead atoms. The number of fused-ring (bicyclic) bond motifs is 1. The molecule has 0 unspecified atom stereocenters. The third-order valence-corrected chi connectivity index (χ3v) is 4.46. The molecular weight excluding hydrogens is 340 g/mol. The predicted octanol–water partition coefficient (Wildman–Crippen LogP) is 4.09. The molecule has 4 rings (SSSR count). The zero-order chi connectivity index (χ0) is 18.6. The van der Waals surface area contributed by atoms with Crippen molar-refractivity contribution in [3.63, 3.8) is 0 Å². The van der Waals surface area contributed by atoms with Gasteiger partial charge in [0.15, 0.2) is 0 Å². The molecule has 2 heterocycles. The van der Waals surface area contributed by atoms with Crippen LogP contribution in [0.5, 0.6) is 0 Å². The lowest BCUT2D eigenvalue weighted by atomic mass is 10.2. The molecule has 1 aliphatic rings. The van der Waals surface area contributed by atoms with Crippen LogP contribution in [-0.4, -0.2) is 29.1 Å². The summed E-state index contributed by atoms with van der Waals surface area (Å²) < 4.78 is 5.13. The fourth-order valence-corrected chi connectivity index (χ4v) is 3.21. The maximum absolute atomic E-state index is 12.2. The largest absolute Gasteiger partial charge is 0.462 e. The number of benzene rings is 2. The number of hydrogen-bond acceptors (Lipinski definition) is 6. The number of para-hydroxylation sites is 2. The molecule has 0 amide bonds. The van der Waals surface area contributed by atoms with Gasteiger partial charge in [-0.1, -0.05) is 30.3 Å². The molecular formula is C21H20N4O2. The number of nitrogens with one attached hydrogen (secondary N) is 1. The molecule has 1 aliphatic heterocycles. The highest BCUT2D eigenvalue weighted by molar-refractivity contribution is 5.96. The number of carbonyl (C=O) groups excluding carboxylic acids is 1. The highest BCUT2D eigenvalue weighted by Crippen LogP contribution is 2.32. The van der Waals surface area contributed by atoms with Gasteiger partial charge in [0.2, 0.25) is 5.95 Å². The molecule has 136 valence electrons. The van der Waals surface area contributed by atoms with Crippen LogP contribution in [0.1, 0.15) is 22.8 Å². The molecule has 6 heteroatoms. The van der Waals surface area contributed by atoms with Crippen molar-refractivity contribution in [3.05, 3.63) is 71.9 Å². The lowest BCUT2D eigenvalue weighted by Gasteiger charge is -2.18. The van der Waals surface area contributed by atoms with E-state index in [2.05, 4.69) is 32.3 Å². The Hall–Kier alpha value is -3.41. The summed E-state index contributed by atoms with van der Waals surface area (Å²) in [6.07, 6.45) is 2.70. The number of aromatic nitrogens is 2.